The van der Waals surface area contributed by atoms with Crippen molar-refractivity contribution in [1.29, 1.82) is 0 Å². The standard InChI is InChI=1S/C58H38N4/c1-5-18-39(19-6-1)48-38-55-57(58-56(48)46-26-13-16-31-54(46)62(58)44-24-11-4-12-25-44)47-27-14-15-30-53(47)61(55)45-34-32-42(33-35-45)49-28-17-29-50(59-49)43-36-51(40-20-7-2-8-21-40)60-52(37-43)41-22-9-3-10-23-41/h1-38H. The Kier molecular flexibility index (Phi) is 8.46. The average molecular weight is 791 g/mol. The molecule has 62 heavy (non-hydrogen) atoms. The molecule has 4 heterocycles. The van der Waals surface area contributed by atoms with Crippen LogP contribution in [0.15, 0.2) is 231 Å². The minimum atomic E-state index is 0.900. The summed E-state index contributed by atoms with van der Waals surface area (Å²) in [4.78, 5) is 10.4. The van der Waals surface area contributed by atoms with E-state index in [1.807, 2.05) is 12.1 Å². The Morgan fingerprint density at radius 1 is 0.274 bits per heavy atom. The van der Waals surface area contributed by atoms with Gasteiger partial charge in [-0.15, -0.1) is 0 Å². The number of rotatable bonds is 7. The third kappa shape index (κ3) is 5.92. The molecule has 0 atom stereocenters. The van der Waals surface area contributed by atoms with Crippen LogP contribution in [0, 0.1) is 0 Å². The normalized spacial score (nSPS) is 11.5. The van der Waals surface area contributed by atoms with Crippen molar-refractivity contribution in [2.24, 2.45) is 0 Å². The lowest BCUT2D eigenvalue weighted by Gasteiger charge is -2.13. The molecule has 0 amide bonds. The largest absolute Gasteiger partial charge is 0.309 e. The molecule has 0 aliphatic carbocycles. The van der Waals surface area contributed by atoms with Crippen molar-refractivity contribution in [3.63, 3.8) is 0 Å². The first-order valence-electron chi connectivity index (χ1n) is 21.1. The molecule has 0 saturated heterocycles. The van der Waals surface area contributed by atoms with Gasteiger partial charge in [0.1, 0.15) is 0 Å². The molecular formula is C58H38N4. The van der Waals surface area contributed by atoms with Crippen LogP contribution in [0.4, 0.5) is 0 Å². The molecule has 0 saturated carbocycles. The van der Waals surface area contributed by atoms with Gasteiger partial charge < -0.3 is 9.13 Å². The maximum absolute atomic E-state index is 5.28. The smallest absolute Gasteiger partial charge is 0.0716 e. The zero-order valence-electron chi connectivity index (χ0n) is 33.7. The van der Waals surface area contributed by atoms with E-state index < -0.39 is 0 Å². The summed E-state index contributed by atoms with van der Waals surface area (Å²) in [6.45, 7) is 0. The van der Waals surface area contributed by atoms with E-state index in [1.165, 1.54) is 43.7 Å². The number of hydrogen-bond donors (Lipinski definition) is 0. The summed E-state index contributed by atoms with van der Waals surface area (Å²) in [5.74, 6) is 0. The van der Waals surface area contributed by atoms with Gasteiger partial charge in [0, 0.05) is 55.2 Å². The van der Waals surface area contributed by atoms with E-state index in [4.69, 9.17) is 9.97 Å². The molecule has 8 aromatic carbocycles. The Bertz CT molecular complexity index is 3530. The van der Waals surface area contributed by atoms with Crippen LogP contribution in [0.2, 0.25) is 0 Å². The molecule has 0 aliphatic heterocycles. The second-order valence-electron chi connectivity index (χ2n) is 15.8. The Morgan fingerprint density at radius 2 is 0.726 bits per heavy atom. The molecule has 0 unspecified atom stereocenters. The molecule has 0 fully saturated rings. The zero-order chi connectivity index (χ0) is 41.0. The highest BCUT2D eigenvalue weighted by atomic mass is 15.0. The minimum absolute atomic E-state index is 0.900. The molecule has 12 rings (SSSR count). The average Bonchev–Trinajstić information content (AvgIpc) is 3.88. The third-order valence-corrected chi connectivity index (χ3v) is 12.1. The maximum atomic E-state index is 5.28. The predicted molar refractivity (Wildman–Crippen MR) is 258 cm³/mol. The zero-order valence-corrected chi connectivity index (χ0v) is 33.7. The lowest BCUT2D eigenvalue weighted by Crippen LogP contribution is -1.96. The summed E-state index contributed by atoms with van der Waals surface area (Å²) in [7, 11) is 0. The predicted octanol–water partition coefficient (Wildman–Crippen LogP) is 15.0. The molecule has 0 bridgehead atoms. The van der Waals surface area contributed by atoms with Gasteiger partial charge in [-0.05, 0) is 77.9 Å². The van der Waals surface area contributed by atoms with Crippen molar-refractivity contribution in [1.82, 2.24) is 19.1 Å². The highest BCUT2D eigenvalue weighted by molar-refractivity contribution is 6.29. The van der Waals surface area contributed by atoms with E-state index in [0.717, 1.165) is 67.4 Å². The second kappa shape index (κ2) is 14.7. The summed E-state index contributed by atoms with van der Waals surface area (Å²) >= 11 is 0. The number of hydrogen-bond acceptors (Lipinski definition) is 2. The molecule has 0 radical (unpaired) electrons. The van der Waals surface area contributed by atoms with E-state index >= 15 is 0 Å². The first-order chi connectivity index (χ1) is 30.8. The van der Waals surface area contributed by atoms with Crippen LogP contribution in [-0.2, 0) is 0 Å². The van der Waals surface area contributed by atoms with Crippen molar-refractivity contribution in [2.45, 2.75) is 0 Å². The third-order valence-electron chi connectivity index (χ3n) is 12.1. The molecule has 4 nitrogen and oxygen atoms in total. The van der Waals surface area contributed by atoms with Gasteiger partial charge in [-0.25, -0.2) is 9.97 Å². The van der Waals surface area contributed by atoms with Gasteiger partial charge in [0.25, 0.3) is 0 Å². The molecule has 290 valence electrons. The molecule has 4 aromatic heterocycles. The Labute approximate surface area is 359 Å². The maximum Gasteiger partial charge on any atom is 0.0716 e. The highest BCUT2D eigenvalue weighted by Crippen LogP contribution is 2.46. The van der Waals surface area contributed by atoms with Gasteiger partial charge in [-0.1, -0.05) is 164 Å². The number of pyridine rings is 2. The molecule has 12 aromatic rings. The van der Waals surface area contributed by atoms with E-state index in [0.29, 0.717) is 0 Å². The van der Waals surface area contributed by atoms with Gasteiger partial charge in [-0.2, -0.15) is 0 Å². The van der Waals surface area contributed by atoms with Crippen LogP contribution in [0.1, 0.15) is 0 Å². The number of nitrogens with zero attached hydrogens (tertiary/aromatic N) is 4. The van der Waals surface area contributed by atoms with E-state index in [2.05, 4.69) is 228 Å². The molecule has 0 spiro atoms. The number of aromatic nitrogens is 4. The number of para-hydroxylation sites is 3. The second-order valence-corrected chi connectivity index (χ2v) is 15.8. The van der Waals surface area contributed by atoms with Crippen molar-refractivity contribution in [3.8, 4) is 67.5 Å². The summed E-state index contributed by atoms with van der Waals surface area (Å²) in [6.07, 6.45) is 0. The van der Waals surface area contributed by atoms with Crippen molar-refractivity contribution in [2.75, 3.05) is 0 Å². The van der Waals surface area contributed by atoms with Gasteiger partial charge in [0.05, 0.1) is 44.8 Å². The lowest BCUT2D eigenvalue weighted by atomic mass is 9.96. The summed E-state index contributed by atoms with van der Waals surface area (Å²) in [5, 5.41) is 4.94. The van der Waals surface area contributed by atoms with Crippen LogP contribution < -0.4 is 0 Å². The Morgan fingerprint density at radius 3 is 1.34 bits per heavy atom. The van der Waals surface area contributed by atoms with E-state index in [9.17, 15) is 0 Å². The molecule has 0 aliphatic rings. The van der Waals surface area contributed by atoms with E-state index in [-0.39, 0.29) is 0 Å². The minimum Gasteiger partial charge on any atom is -0.309 e. The van der Waals surface area contributed by atoms with Crippen LogP contribution in [0.5, 0.6) is 0 Å². The first-order valence-corrected chi connectivity index (χ1v) is 21.1. The van der Waals surface area contributed by atoms with Gasteiger partial charge >= 0.3 is 0 Å². The topological polar surface area (TPSA) is 35.6 Å². The van der Waals surface area contributed by atoms with Crippen molar-refractivity contribution >= 4 is 43.6 Å². The molecule has 4 heteroatoms. The molecular weight excluding hydrogens is 753 g/mol. The number of benzene rings is 8. The van der Waals surface area contributed by atoms with Crippen molar-refractivity contribution < 1.29 is 0 Å². The quantitative estimate of drug-likeness (QED) is 0.161. The van der Waals surface area contributed by atoms with Gasteiger partial charge in [0.15, 0.2) is 0 Å². The highest BCUT2D eigenvalue weighted by Gasteiger charge is 2.24. The van der Waals surface area contributed by atoms with Crippen LogP contribution >= 0.6 is 0 Å². The molecule has 0 N–H and O–H groups in total. The Hall–Kier alpha value is -8.34. The SMILES string of the molecule is c1ccc(-c2cc(-c3cccc(-c4ccc(-n5c6ccccc6c6c5cc(-c5ccccc5)c5c7ccccc7n(-c7ccccc7)c56)cc4)n3)cc(-c3ccccc3)n2)cc1. The van der Waals surface area contributed by atoms with Crippen LogP contribution in [-0.4, -0.2) is 19.1 Å². The monoisotopic (exact) mass is 790 g/mol. The fourth-order valence-corrected chi connectivity index (χ4v) is 9.30. The fourth-order valence-electron chi connectivity index (χ4n) is 9.30. The summed E-state index contributed by atoms with van der Waals surface area (Å²) in [6, 6.07) is 81.9. The lowest BCUT2D eigenvalue weighted by molar-refractivity contribution is 1.17. The van der Waals surface area contributed by atoms with Gasteiger partial charge in [-0.3, -0.25) is 0 Å². The van der Waals surface area contributed by atoms with E-state index in [1.54, 1.807) is 0 Å². The number of fused-ring (bicyclic) bond motifs is 7. The van der Waals surface area contributed by atoms with Gasteiger partial charge in [0.2, 0.25) is 0 Å². The van der Waals surface area contributed by atoms with Crippen LogP contribution in [0.3, 0.4) is 0 Å². The fraction of sp³-hybridized carbons (Fsp3) is 0. The van der Waals surface area contributed by atoms with Crippen molar-refractivity contribution in [3.05, 3.63) is 231 Å². The van der Waals surface area contributed by atoms with Crippen LogP contribution in [0.25, 0.3) is 111 Å². The first kappa shape index (κ1) is 35.6. The Balaban J connectivity index is 1.03. The summed E-state index contributed by atoms with van der Waals surface area (Å²) in [5.41, 5.74) is 17.2. The summed E-state index contributed by atoms with van der Waals surface area (Å²) < 4.78 is 4.90.